The van der Waals surface area contributed by atoms with Gasteiger partial charge in [-0.1, -0.05) is 24.3 Å². The standard InChI is InChI=1S/C31H35NO8/c1-7-39-30(34)25-17(3)32-22-16-21(19-11-9-10-12-23(19)37-5)27(31(35)40-8-2)29(33)28(22)26(25)20-14-13-18(36-4)15-24(20)38-6/h9-15,21,26-27,32H,7-8,16H2,1-6H3/t21-,26-,27+/m1/s1. The number of ether oxygens (including phenoxy) is 5. The highest BCUT2D eigenvalue weighted by Crippen LogP contribution is 2.51. The van der Waals surface area contributed by atoms with E-state index in [0.717, 1.165) is 5.56 Å². The van der Waals surface area contributed by atoms with Gasteiger partial charge in [0.1, 0.15) is 23.2 Å². The number of allylic oxidation sites excluding steroid dienone is 3. The second-order valence-corrected chi connectivity index (χ2v) is 9.46. The molecule has 0 saturated carbocycles. The maximum Gasteiger partial charge on any atom is 0.336 e. The van der Waals surface area contributed by atoms with E-state index in [0.29, 0.717) is 46.2 Å². The second-order valence-electron chi connectivity index (χ2n) is 9.46. The first-order valence-electron chi connectivity index (χ1n) is 13.2. The number of benzene rings is 2. The first-order chi connectivity index (χ1) is 19.3. The summed E-state index contributed by atoms with van der Waals surface area (Å²) in [6, 6.07) is 12.5. The van der Waals surface area contributed by atoms with Gasteiger partial charge >= 0.3 is 11.9 Å². The van der Waals surface area contributed by atoms with Crippen LogP contribution in [0.5, 0.6) is 17.2 Å². The molecule has 0 unspecified atom stereocenters. The zero-order valence-electron chi connectivity index (χ0n) is 23.7. The van der Waals surface area contributed by atoms with Crippen LogP contribution in [0.15, 0.2) is 65.0 Å². The van der Waals surface area contributed by atoms with E-state index in [1.807, 2.05) is 18.2 Å². The monoisotopic (exact) mass is 549 g/mol. The molecule has 1 aliphatic carbocycles. The predicted molar refractivity (Wildman–Crippen MR) is 147 cm³/mol. The third-order valence-electron chi connectivity index (χ3n) is 7.35. The third-order valence-corrected chi connectivity index (χ3v) is 7.35. The van der Waals surface area contributed by atoms with Crippen molar-refractivity contribution in [2.24, 2.45) is 5.92 Å². The van der Waals surface area contributed by atoms with Crippen LogP contribution in [0.2, 0.25) is 0 Å². The summed E-state index contributed by atoms with van der Waals surface area (Å²) in [5.74, 6) is -2.61. The van der Waals surface area contributed by atoms with Crippen LogP contribution in [0.4, 0.5) is 0 Å². The van der Waals surface area contributed by atoms with Crippen LogP contribution in [0, 0.1) is 5.92 Å². The van der Waals surface area contributed by atoms with E-state index in [-0.39, 0.29) is 18.8 Å². The molecule has 0 spiro atoms. The molecule has 9 heteroatoms. The maximum absolute atomic E-state index is 14.5. The summed E-state index contributed by atoms with van der Waals surface area (Å²) in [4.78, 5) is 41.3. The van der Waals surface area contributed by atoms with Crippen molar-refractivity contribution < 1.29 is 38.1 Å². The van der Waals surface area contributed by atoms with E-state index in [1.54, 1.807) is 59.3 Å². The number of dihydropyridines is 1. The minimum atomic E-state index is -1.15. The molecule has 2 aromatic carbocycles. The predicted octanol–water partition coefficient (Wildman–Crippen LogP) is 4.43. The van der Waals surface area contributed by atoms with Crippen molar-refractivity contribution in [2.45, 2.75) is 39.0 Å². The average Bonchev–Trinajstić information content (AvgIpc) is 2.96. The molecule has 3 atom stereocenters. The fourth-order valence-electron chi connectivity index (χ4n) is 5.65. The lowest BCUT2D eigenvalue weighted by molar-refractivity contribution is -0.152. The molecule has 1 heterocycles. The van der Waals surface area contributed by atoms with E-state index in [4.69, 9.17) is 23.7 Å². The van der Waals surface area contributed by atoms with Gasteiger partial charge in [0.15, 0.2) is 5.78 Å². The Morgan fingerprint density at radius 1 is 0.900 bits per heavy atom. The first-order valence-corrected chi connectivity index (χ1v) is 13.2. The summed E-state index contributed by atoms with van der Waals surface area (Å²) in [6.07, 6.45) is 0.313. The Hall–Kier alpha value is -4.27. The van der Waals surface area contributed by atoms with E-state index >= 15 is 0 Å². The summed E-state index contributed by atoms with van der Waals surface area (Å²) in [5, 5.41) is 3.31. The van der Waals surface area contributed by atoms with Gasteiger partial charge in [-0.25, -0.2) is 4.79 Å². The number of para-hydroxylation sites is 1. The van der Waals surface area contributed by atoms with E-state index in [9.17, 15) is 14.4 Å². The summed E-state index contributed by atoms with van der Waals surface area (Å²) in [5.41, 5.74) is 3.06. The quantitative estimate of drug-likeness (QED) is 0.359. The summed E-state index contributed by atoms with van der Waals surface area (Å²) >= 11 is 0. The molecule has 0 amide bonds. The molecular formula is C31H35NO8. The highest BCUT2D eigenvalue weighted by molar-refractivity contribution is 6.13. The number of esters is 2. The molecule has 0 fully saturated rings. The average molecular weight is 550 g/mol. The number of nitrogens with one attached hydrogen (secondary N) is 1. The van der Waals surface area contributed by atoms with Crippen LogP contribution in [-0.4, -0.2) is 52.3 Å². The number of ketones is 1. The van der Waals surface area contributed by atoms with Crippen LogP contribution >= 0.6 is 0 Å². The molecule has 2 aromatic rings. The van der Waals surface area contributed by atoms with Gasteiger partial charge in [-0.2, -0.15) is 0 Å². The first kappa shape index (κ1) is 28.7. The van der Waals surface area contributed by atoms with E-state index < -0.39 is 35.5 Å². The third kappa shape index (κ3) is 5.15. The molecule has 0 bridgehead atoms. The minimum Gasteiger partial charge on any atom is -0.497 e. The summed E-state index contributed by atoms with van der Waals surface area (Å²) in [6.45, 7) is 5.47. The SMILES string of the molecule is CCOC(=O)C1=C(C)NC2=C(C(=O)[C@@H](C(=O)OCC)[C@@H](c3ccccc3OC)C2)[C@@H]1c1ccc(OC)cc1OC. The normalized spacial score (nSPS) is 20.4. The number of hydrogen-bond acceptors (Lipinski definition) is 9. The molecule has 2 aliphatic rings. The Bertz CT molecular complexity index is 1380. The zero-order valence-corrected chi connectivity index (χ0v) is 23.7. The van der Waals surface area contributed by atoms with Crippen molar-refractivity contribution in [3.8, 4) is 17.2 Å². The van der Waals surface area contributed by atoms with Gasteiger partial charge in [0, 0.05) is 34.5 Å². The van der Waals surface area contributed by atoms with Crippen molar-refractivity contribution >= 4 is 17.7 Å². The van der Waals surface area contributed by atoms with E-state index in [1.165, 1.54) is 7.11 Å². The van der Waals surface area contributed by atoms with Gasteiger partial charge in [0.25, 0.3) is 0 Å². The molecular weight excluding hydrogens is 514 g/mol. The highest BCUT2D eigenvalue weighted by Gasteiger charge is 2.50. The fraction of sp³-hybridized carbons (Fsp3) is 0.387. The lowest BCUT2D eigenvalue weighted by atomic mass is 9.67. The number of hydrogen-bond donors (Lipinski definition) is 1. The maximum atomic E-state index is 14.5. The Labute approximate surface area is 234 Å². The van der Waals surface area contributed by atoms with Gasteiger partial charge in [0.2, 0.25) is 0 Å². The molecule has 9 nitrogen and oxygen atoms in total. The molecule has 1 aliphatic heterocycles. The number of carbonyl (C=O) groups excluding carboxylic acids is 3. The number of methoxy groups -OCH3 is 3. The molecule has 212 valence electrons. The molecule has 40 heavy (non-hydrogen) atoms. The second kappa shape index (κ2) is 12.3. The Kier molecular flexibility index (Phi) is 8.82. The number of Topliss-reactive ketones (excluding diaryl/α,β-unsaturated/α-hetero) is 1. The van der Waals surface area contributed by atoms with Crippen LogP contribution in [0.1, 0.15) is 50.2 Å². The van der Waals surface area contributed by atoms with E-state index in [2.05, 4.69) is 5.32 Å². The van der Waals surface area contributed by atoms with Crippen LogP contribution in [0.3, 0.4) is 0 Å². The van der Waals surface area contributed by atoms with Crippen molar-refractivity contribution in [2.75, 3.05) is 34.5 Å². The van der Waals surface area contributed by atoms with Crippen LogP contribution in [0.25, 0.3) is 0 Å². The van der Waals surface area contributed by atoms with Gasteiger partial charge in [-0.3, -0.25) is 9.59 Å². The lowest BCUT2D eigenvalue weighted by Crippen LogP contribution is -2.43. The van der Waals surface area contributed by atoms with Crippen LogP contribution in [-0.2, 0) is 23.9 Å². The Morgan fingerprint density at radius 3 is 2.25 bits per heavy atom. The Morgan fingerprint density at radius 2 is 1.60 bits per heavy atom. The molecule has 0 radical (unpaired) electrons. The van der Waals surface area contributed by atoms with Crippen molar-refractivity contribution in [3.63, 3.8) is 0 Å². The van der Waals surface area contributed by atoms with Gasteiger partial charge in [-0.15, -0.1) is 0 Å². The van der Waals surface area contributed by atoms with Crippen LogP contribution < -0.4 is 19.5 Å². The summed E-state index contributed by atoms with van der Waals surface area (Å²) in [7, 11) is 4.61. The minimum absolute atomic E-state index is 0.119. The van der Waals surface area contributed by atoms with Crippen molar-refractivity contribution in [3.05, 3.63) is 76.1 Å². The summed E-state index contributed by atoms with van der Waals surface area (Å²) < 4.78 is 27.5. The smallest absolute Gasteiger partial charge is 0.336 e. The van der Waals surface area contributed by atoms with Gasteiger partial charge in [0.05, 0.1) is 46.0 Å². The number of rotatable bonds is 9. The van der Waals surface area contributed by atoms with Crippen molar-refractivity contribution in [1.82, 2.24) is 5.32 Å². The molecule has 0 saturated heterocycles. The fourth-order valence-corrected chi connectivity index (χ4v) is 5.65. The molecule has 1 N–H and O–H groups in total. The topological polar surface area (TPSA) is 109 Å². The largest absolute Gasteiger partial charge is 0.497 e. The lowest BCUT2D eigenvalue weighted by Gasteiger charge is -2.40. The van der Waals surface area contributed by atoms with Crippen molar-refractivity contribution in [1.29, 1.82) is 0 Å². The molecule has 4 rings (SSSR count). The Balaban J connectivity index is 1.96. The number of carbonyl (C=O) groups is 3. The highest BCUT2D eigenvalue weighted by atomic mass is 16.5. The zero-order chi connectivity index (χ0) is 29.0. The van der Waals surface area contributed by atoms with Gasteiger partial charge in [-0.05, 0) is 44.9 Å². The van der Waals surface area contributed by atoms with Gasteiger partial charge < -0.3 is 29.0 Å². The molecule has 0 aromatic heterocycles.